The number of benzene rings is 2. The van der Waals surface area contributed by atoms with Gasteiger partial charge in [-0.1, -0.05) is 60.0 Å². The van der Waals surface area contributed by atoms with E-state index in [1.807, 2.05) is 24.3 Å². The second-order valence-corrected chi connectivity index (χ2v) is 8.59. The summed E-state index contributed by atoms with van der Waals surface area (Å²) in [6.45, 7) is 6.62. The lowest BCUT2D eigenvalue weighted by Gasteiger charge is -2.29. The number of piperidine rings is 1. The quantitative estimate of drug-likeness (QED) is 0.702. The zero-order chi connectivity index (χ0) is 20.4. The van der Waals surface area contributed by atoms with Gasteiger partial charge in [0.15, 0.2) is 0 Å². The highest BCUT2D eigenvalue weighted by Crippen LogP contribution is 2.36. The van der Waals surface area contributed by atoms with E-state index in [9.17, 15) is 4.79 Å². The number of hydrazone groups is 1. The van der Waals surface area contributed by atoms with Crippen molar-refractivity contribution in [2.45, 2.75) is 45.6 Å². The fraction of sp³-hybridized carbons (Fsp3) is 0.417. The third-order valence-corrected chi connectivity index (χ3v) is 6.28. The van der Waals surface area contributed by atoms with Gasteiger partial charge in [0.2, 0.25) is 0 Å². The summed E-state index contributed by atoms with van der Waals surface area (Å²) >= 11 is 6.44. The highest BCUT2D eigenvalue weighted by atomic mass is 35.5. The molecule has 0 aromatic heterocycles. The van der Waals surface area contributed by atoms with E-state index in [0.29, 0.717) is 18.0 Å². The standard InChI is InChI=1S/C24H28ClN3O/c1-17-10-11-18(2)20(14-17)23-15-22(19-8-4-5-9-21(19)25)26-28(23)24(29)16-27-12-6-3-7-13-27/h4-5,8-11,14,23H,3,6-7,12-13,15-16H2,1-2H3. The van der Waals surface area contributed by atoms with Crippen molar-refractivity contribution in [3.05, 3.63) is 69.7 Å². The Balaban J connectivity index is 1.66. The molecule has 0 radical (unpaired) electrons. The molecule has 1 saturated heterocycles. The van der Waals surface area contributed by atoms with E-state index in [4.69, 9.17) is 16.7 Å². The molecule has 0 bridgehead atoms. The zero-order valence-electron chi connectivity index (χ0n) is 17.2. The number of carbonyl (C=O) groups excluding carboxylic acids is 1. The Bertz CT molecular complexity index is 933. The molecular weight excluding hydrogens is 382 g/mol. The lowest BCUT2D eigenvalue weighted by molar-refractivity contribution is -0.134. The Hall–Kier alpha value is -2.17. The molecule has 29 heavy (non-hydrogen) atoms. The van der Waals surface area contributed by atoms with Gasteiger partial charge in [0.1, 0.15) is 0 Å². The number of amides is 1. The van der Waals surface area contributed by atoms with E-state index in [0.717, 1.165) is 24.4 Å². The number of carbonyl (C=O) groups is 1. The van der Waals surface area contributed by atoms with Gasteiger partial charge in [-0.25, -0.2) is 5.01 Å². The summed E-state index contributed by atoms with van der Waals surface area (Å²) in [5.41, 5.74) is 5.35. The summed E-state index contributed by atoms with van der Waals surface area (Å²) < 4.78 is 0. The highest BCUT2D eigenvalue weighted by Gasteiger charge is 2.35. The summed E-state index contributed by atoms with van der Waals surface area (Å²) in [6.07, 6.45) is 4.28. The molecule has 1 fully saturated rings. The van der Waals surface area contributed by atoms with Gasteiger partial charge in [0.25, 0.3) is 5.91 Å². The van der Waals surface area contributed by atoms with Crippen LogP contribution in [0.25, 0.3) is 0 Å². The average molecular weight is 410 g/mol. The molecular formula is C24H28ClN3O. The molecule has 2 aromatic rings. The van der Waals surface area contributed by atoms with Crippen molar-refractivity contribution >= 4 is 23.2 Å². The first-order valence-electron chi connectivity index (χ1n) is 10.5. The van der Waals surface area contributed by atoms with E-state index < -0.39 is 0 Å². The molecule has 0 N–H and O–H groups in total. The first-order chi connectivity index (χ1) is 14.0. The van der Waals surface area contributed by atoms with Gasteiger partial charge in [-0.15, -0.1) is 0 Å². The molecule has 4 rings (SSSR count). The first-order valence-corrected chi connectivity index (χ1v) is 10.8. The third kappa shape index (κ3) is 4.39. The predicted octanol–water partition coefficient (Wildman–Crippen LogP) is 5.12. The molecule has 4 nitrogen and oxygen atoms in total. The van der Waals surface area contributed by atoms with Crippen LogP contribution in [0.3, 0.4) is 0 Å². The highest BCUT2D eigenvalue weighted by molar-refractivity contribution is 6.34. The predicted molar refractivity (Wildman–Crippen MR) is 118 cm³/mol. The van der Waals surface area contributed by atoms with E-state index in [2.05, 4.69) is 36.9 Å². The summed E-state index contributed by atoms with van der Waals surface area (Å²) in [7, 11) is 0. The van der Waals surface area contributed by atoms with Crippen LogP contribution in [0.2, 0.25) is 5.02 Å². The minimum Gasteiger partial charge on any atom is -0.294 e. The van der Waals surface area contributed by atoms with Crippen molar-refractivity contribution in [3.63, 3.8) is 0 Å². The number of halogens is 1. The molecule has 1 unspecified atom stereocenters. The molecule has 2 aromatic carbocycles. The monoisotopic (exact) mass is 409 g/mol. The van der Waals surface area contributed by atoms with Gasteiger partial charge >= 0.3 is 0 Å². The second-order valence-electron chi connectivity index (χ2n) is 8.18. The molecule has 152 valence electrons. The lowest BCUT2D eigenvalue weighted by Crippen LogP contribution is -2.40. The second kappa shape index (κ2) is 8.68. The van der Waals surface area contributed by atoms with E-state index in [-0.39, 0.29) is 11.9 Å². The fourth-order valence-electron chi connectivity index (χ4n) is 4.34. The maximum absolute atomic E-state index is 13.3. The van der Waals surface area contributed by atoms with Crippen LogP contribution in [0.5, 0.6) is 0 Å². The molecule has 2 aliphatic heterocycles. The minimum absolute atomic E-state index is 0.0693. The maximum atomic E-state index is 13.3. The van der Waals surface area contributed by atoms with Crippen molar-refractivity contribution in [3.8, 4) is 0 Å². The summed E-state index contributed by atoms with van der Waals surface area (Å²) in [5, 5.41) is 7.20. The number of nitrogens with zero attached hydrogens (tertiary/aromatic N) is 3. The fourth-order valence-corrected chi connectivity index (χ4v) is 4.59. The maximum Gasteiger partial charge on any atom is 0.257 e. The smallest absolute Gasteiger partial charge is 0.257 e. The van der Waals surface area contributed by atoms with E-state index in [1.54, 1.807) is 5.01 Å². The molecule has 1 atom stereocenters. The average Bonchev–Trinajstić information content (AvgIpc) is 3.16. The van der Waals surface area contributed by atoms with Crippen LogP contribution in [0.4, 0.5) is 0 Å². The van der Waals surface area contributed by atoms with Crippen molar-refractivity contribution < 1.29 is 4.79 Å². The van der Waals surface area contributed by atoms with Crippen molar-refractivity contribution in [2.24, 2.45) is 5.10 Å². The molecule has 2 heterocycles. The summed E-state index contributed by atoms with van der Waals surface area (Å²) in [4.78, 5) is 15.6. The number of aryl methyl sites for hydroxylation is 2. The van der Waals surface area contributed by atoms with E-state index >= 15 is 0 Å². The van der Waals surface area contributed by atoms with Crippen LogP contribution >= 0.6 is 11.6 Å². The van der Waals surface area contributed by atoms with Crippen LogP contribution in [-0.4, -0.2) is 41.2 Å². The van der Waals surface area contributed by atoms with Crippen molar-refractivity contribution in [2.75, 3.05) is 19.6 Å². The Labute approximate surface area is 178 Å². The van der Waals surface area contributed by atoms with Gasteiger partial charge in [-0.2, -0.15) is 5.10 Å². The number of hydrogen-bond donors (Lipinski definition) is 0. The van der Waals surface area contributed by atoms with Gasteiger partial charge < -0.3 is 0 Å². The van der Waals surface area contributed by atoms with Crippen LogP contribution in [0, 0.1) is 13.8 Å². The Kier molecular flexibility index (Phi) is 6.02. The zero-order valence-corrected chi connectivity index (χ0v) is 18.0. The molecule has 2 aliphatic rings. The molecule has 5 heteroatoms. The molecule has 0 spiro atoms. The Morgan fingerprint density at radius 1 is 1.10 bits per heavy atom. The van der Waals surface area contributed by atoms with Gasteiger partial charge in [0.05, 0.1) is 18.3 Å². The summed E-state index contributed by atoms with van der Waals surface area (Å²) in [6, 6.07) is 14.1. The third-order valence-electron chi connectivity index (χ3n) is 5.95. The van der Waals surface area contributed by atoms with Gasteiger partial charge in [-0.05, 0) is 57.0 Å². The van der Waals surface area contributed by atoms with Crippen LogP contribution in [0.1, 0.15) is 54.0 Å². The SMILES string of the molecule is Cc1ccc(C)c(C2CC(c3ccccc3Cl)=NN2C(=O)CN2CCCCC2)c1. The minimum atomic E-state index is -0.0848. The van der Waals surface area contributed by atoms with Crippen LogP contribution < -0.4 is 0 Å². The van der Waals surface area contributed by atoms with Crippen molar-refractivity contribution in [1.82, 2.24) is 9.91 Å². The largest absolute Gasteiger partial charge is 0.294 e. The number of hydrogen-bond acceptors (Lipinski definition) is 3. The topological polar surface area (TPSA) is 35.9 Å². The van der Waals surface area contributed by atoms with Crippen LogP contribution in [-0.2, 0) is 4.79 Å². The normalized spacial score (nSPS) is 20.0. The first kappa shape index (κ1) is 20.1. The number of likely N-dealkylation sites (tertiary alicyclic amines) is 1. The Morgan fingerprint density at radius 2 is 1.86 bits per heavy atom. The van der Waals surface area contributed by atoms with Gasteiger partial charge in [-0.3, -0.25) is 9.69 Å². The summed E-state index contributed by atoms with van der Waals surface area (Å²) in [5.74, 6) is 0.0693. The van der Waals surface area contributed by atoms with Gasteiger partial charge in [0, 0.05) is 17.0 Å². The van der Waals surface area contributed by atoms with E-state index in [1.165, 1.54) is 36.0 Å². The molecule has 0 saturated carbocycles. The molecule has 0 aliphatic carbocycles. The molecule has 1 amide bonds. The van der Waals surface area contributed by atoms with Crippen LogP contribution in [0.15, 0.2) is 47.6 Å². The van der Waals surface area contributed by atoms with Crippen molar-refractivity contribution in [1.29, 1.82) is 0 Å². The number of rotatable bonds is 4. The lowest BCUT2D eigenvalue weighted by atomic mass is 9.94. The Morgan fingerprint density at radius 3 is 2.62 bits per heavy atom.